The average Bonchev–Trinajstić information content (AvgIpc) is 2.58. The van der Waals surface area contributed by atoms with Crippen molar-refractivity contribution in [1.29, 1.82) is 0 Å². The Balaban J connectivity index is 2.78. The van der Waals surface area contributed by atoms with Crippen molar-refractivity contribution in [2.45, 2.75) is 36.3 Å². The highest BCUT2D eigenvalue weighted by Gasteiger charge is 2.20. The molecule has 1 aromatic carbocycles. The van der Waals surface area contributed by atoms with Crippen LogP contribution in [-0.2, 0) is 9.59 Å². The molecule has 2 unspecified atom stereocenters. The molecule has 126 valence electrons. The van der Waals surface area contributed by atoms with Crippen LogP contribution in [0, 0.1) is 0 Å². The van der Waals surface area contributed by atoms with E-state index in [4.69, 9.17) is 4.74 Å². The molecule has 0 radical (unpaired) electrons. The number of ether oxygens (including phenoxy) is 1. The summed E-state index contributed by atoms with van der Waals surface area (Å²) < 4.78 is 5.23. The Kier molecular flexibility index (Phi) is 8.25. The molecule has 0 aliphatic heterocycles. The zero-order valence-electron chi connectivity index (χ0n) is 12.8. The van der Waals surface area contributed by atoms with E-state index in [2.05, 4.69) is 42.7 Å². The van der Waals surface area contributed by atoms with Gasteiger partial charge in [-0.1, -0.05) is 57.8 Å². The van der Waals surface area contributed by atoms with E-state index in [0.717, 1.165) is 0 Å². The van der Waals surface area contributed by atoms with E-state index in [1.54, 1.807) is 12.1 Å². The van der Waals surface area contributed by atoms with Gasteiger partial charge in [-0.15, -0.1) is 0 Å². The molecule has 0 saturated heterocycles. The number of amides is 2. The molecule has 6 nitrogen and oxygen atoms in total. The maximum Gasteiger partial charge on any atom is 0.325 e. The SMILES string of the molecule is CCC(Br)C(=O)NNC(=O)c1ccccc1OC(=O)C(Br)CC. The summed E-state index contributed by atoms with van der Waals surface area (Å²) in [4.78, 5) is 34.8. The van der Waals surface area contributed by atoms with Gasteiger partial charge >= 0.3 is 5.97 Å². The molecule has 0 bridgehead atoms. The zero-order chi connectivity index (χ0) is 17.4. The first-order chi connectivity index (χ1) is 10.9. The van der Waals surface area contributed by atoms with Crippen molar-refractivity contribution in [3.05, 3.63) is 29.8 Å². The van der Waals surface area contributed by atoms with Gasteiger partial charge in [-0.25, -0.2) is 0 Å². The van der Waals surface area contributed by atoms with Gasteiger partial charge in [-0.3, -0.25) is 25.2 Å². The Hall–Kier alpha value is -1.41. The van der Waals surface area contributed by atoms with E-state index >= 15 is 0 Å². The number of hydrogen-bond donors (Lipinski definition) is 2. The van der Waals surface area contributed by atoms with Gasteiger partial charge in [-0.2, -0.15) is 0 Å². The van der Waals surface area contributed by atoms with Gasteiger partial charge in [0.25, 0.3) is 11.8 Å². The lowest BCUT2D eigenvalue weighted by atomic mass is 10.2. The molecule has 0 saturated carbocycles. The topological polar surface area (TPSA) is 84.5 Å². The Morgan fingerprint density at radius 3 is 2.26 bits per heavy atom. The maximum atomic E-state index is 12.2. The summed E-state index contributed by atoms with van der Waals surface area (Å²) in [6, 6.07) is 6.31. The van der Waals surface area contributed by atoms with Gasteiger partial charge in [0.2, 0.25) is 0 Å². The lowest BCUT2D eigenvalue weighted by Crippen LogP contribution is -2.45. The molecule has 0 fully saturated rings. The van der Waals surface area contributed by atoms with Gasteiger partial charge in [0.1, 0.15) is 10.6 Å². The van der Waals surface area contributed by atoms with Crippen molar-refractivity contribution >= 4 is 49.6 Å². The molecule has 0 heterocycles. The number of hydrazine groups is 1. The van der Waals surface area contributed by atoms with Crippen molar-refractivity contribution in [3.63, 3.8) is 0 Å². The van der Waals surface area contributed by atoms with Crippen LogP contribution >= 0.6 is 31.9 Å². The normalized spacial score (nSPS) is 12.9. The highest BCUT2D eigenvalue weighted by Crippen LogP contribution is 2.20. The average molecular weight is 450 g/mol. The number of para-hydroxylation sites is 1. The smallest absolute Gasteiger partial charge is 0.325 e. The molecule has 1 rings (SSSR count). The number of alkyl halides is 2. The minimum absolute atomic E-state index is 0.132. The number of rotatable bonds is 6. The Morgan fingerprint density at radius 1 is 1.04 bits per heavy atom. The Labute approximate surface area is 151 Å². The molecule has 8 heteroatoms. The van der Waals surface area contributed by atoms with E-state index in [1.807, 2.05) is 13.8 Å². The van der Waals surface area contributed by atoms with Crippen LogP contribution in [0.1, 0.15) is 37.0 Å². The van der Waals surface area contributed by atoms with Gasteiger partial charge in [-0.05, 0) is 25.0 Å². The minimum Gasteiger partial charge on any atom is -0.425 e. The van der Waals surface area contributed by atoms with Crippen LogP contribution < -0.4 is 15.6 Å². The summed E-state index contributed by atoms with van der Waals surface area (Å²) in [6.45, 7) is 3.67. The largest absolute Gasteiger partial charge is 0.425 e. The minimum atomic E-state index is -0.569. The van der Waals surface area contributed by atoms with Crippen molar-refractivity contribution in [2.75, 3.05) is 0 Å². The number of carbonyl (C=O) groups excluding carboxylic acids is 3. The number of nitrogens with one attached hydrogen (secondary N) is 2. The van der Waals surface area contributed by atoms with E-state index in [0.29, 0.717) is 12.8 Å². The molecule has 2 amide bonds. The third kappa shape index (κ3) is 5.95. The van der Waals surface area contributed by atoms with Crippen molar-refractivity contribution in [1.82, 2.24) is 10.9 Å². The zero-order valence-corrected chi connectivity index (χ0v) is 15.9. The monoisotopic (exact) mass is 448 g/mol. The molecule has 1 aromatic rings. The summed E-state index contributed by atoms with van der Waals surface area (Å²) >= 11 is 6.38. The van der Waals surface area contributed by atoms with Gasteiger partial charge < -0.3 is 4.74 Å². The highest BCUT2D eigenvalue weighted by molar-refractivity contribution is 9.10. The van der Waals surface area contributed by atoms with Crippen LogP contribution in [0.25, 0.3) is 0 Å². The van der Waals surface area contributed by atoms with Crippen molar-refractivity contribution in [3.8, 4) is 5.75 Å². The van der Waals surface area contributed by atoms with Gasteiger partial charge in [0, 0.05) is 0 Å². The standard InChI is InChI=1S/C15H18Br2N2O4/c1-3-10(16)14(21)19-18-13(20)9-7-5-6-8-12(9)23-15(22)11(17)4-2/h5-8,10-11H,3-4H2,1-2H3,(H,18,20)(H,19,21). The first-order valence-electron chi connectivity index (χ1n) is 7.09. The van der Waals surface area contributed by atoms with Gasteiger partial charge in [0.15, 0.2) is 0 Å². The fourth-order valence-electron chi connectivity index (χ4n) is 1.53. The predicted molar refractivity (Wildman–Crippen MR) is 93.7 cm³/mol. The summed E-state index contributed by atoms with van der Waals surface area (Å²) in [7, 11) is 0. The highest BCUT2D eigenvalue weighted by atomic mass is 79.9. The third-order valence-corrected chi connectivity index (χ3v) is 4.98. The predicted octanol–water partition coefficient (Wildman–Crippen LogP) is 2.70. The molecule has 23 heavy (non-hydrogen) atoms. The molecule has 0 aliphatic carbocycles. The summed E-state index contributed by atoms with van der Waals surface area (Å²) in [5.41, 5.74) is 4.76. The fraction of sp³-hybridized carbons (Fsp3) is 0.400. The number of halogens is 2. The number of esters is 1. The quantitative estimate of drug-likeness (QED) is 0.302. The molecular weight excluding hydrogens is 432 g/mol. The maximum absolute atomic E-state index is 12.2. The molecule has 2 N–H and O–H groups in total. The summed E-state index contributed by atoms with van der Waals surface area (Å²) in [5.74, 6) is -1.28. The summed E-state index contributed by atoms with van der Waals surface area (Å²) in [5, 5.41) is 0. The molecule has 0 aliphatic rings. The van der Waals surface area contributed by atoms with Gasteiger partial charge in [0.05, 0.1) is 10.4 Å². The van der Waals surface area contributed by atoms with Crippen LogP contribution in [0.15, 0.2) is 24.3 Å². The molecule has 2 atom stereocenters. The lowest BCUT2D eigenvalue weighted by molar-refractivity contribution is -0.133. The molecular formula is C15H18Br2N2O4. The third-order valence-electron chi connectivity index (χ3n) is 2.90. The van der Waals surface area contributed by atoms with Crippen LogP contribution in [0.3, 0.4) is 0 Å². The number of carbonyl (C=O) groups is 3. The fourth-order valence-corrected chi connectivity index (χ4v) is 1.74. The van der Waals surface area contributed by atoms with E-state index in [9.17, 15) is 14.4 Å². The molecule has 0 spiro atoms. The van der Waals surface area contributed by atoms with Crippen molar-refractivity contribution < 1.29 is 19.1 Å². The second kappa shape index (κ2) is 9.67. The second-order valence-corrected chi connectivity index (χ2v) is 6.82. The number of benzene rings is 1. The second-order valence-electron chi connectivity index (χ2n) is 4.61. The lowest BCUT2D eigenvalue weighted by Gasteiger charge is -2.13. The van der Waals surface area contributed by atoms with Crippen molar-refractivity contribution in [2.24, 2.45) is 0 Å². The van der Waals surface area contributed by atoms with Crippen LogP contribution in [-0.4, -0.2) is 27.4 Å². The van der Waals surface area contributed by atoms with Crippen LogP contribution in [0.4, 0.5) is 0 Å². The first kappa shape index (κ1) is 19.6. The van der Waals surface area contributed by atoms with Crippen LogP contribution in [0.5, 0.6) is 5.75 Å². The van der Waals surface area contributed by atoms with Crippen LogP contribution in [0.2, 0.25) is 0 Å². The van der Waals surface area contributed by atoms with E-state index < -0.39 is 21.5 Å². The molecule has 0 aromatic heterocycles. The Bertz CT molecular complexity index is 580. The van der Waals surface area contributed by atoms with E-state index in [1.165, 1.54) is 12.1 Å². The number of hydrogen-bond acceptors (Lipinski definition) is 4. The van der Waals surface area contributed by atoms with E-state index in [-0.39, 0.29) is 17.2 Å². The first-order valence-corrected chi connectivity index (χ1v) is 8.92. The summed E-state index contributed by atoms with van der Waals surface area (Å²) in [6.07, 6.45) is 1.15. The Morgan fingerprint density at radius 2 is 1.65 bits per heavy atom.